The van der Waals surface area contributed by atoms with Gasteiger partial charge in [-0.2, -0.15) is 0 Å². The molecule has 0 heterocycles. The molecule has 0 aliphatic heterocycles. The lowest BCUT2D eigenvalue weighted by Crippen LogP contribution is -2.43. The van der Waals surface area contributed by atoms with Gasteiger partial charge in [0.2, 0.25) is 0 Å². The highest BCUT2D eigenvalue weighted by atomic mass is 16.5. The predicted octanol–water partition coefficient (Wildman–Crippen LogP) is 3.45. The topological polar surface area (TPSA) is 85.9 Å². The van der Waals surface area contributed by atoms with Crippen LogP contribution in [0.5, 0.6) is 17.2 Å². The van der Waals surface area contributed by atoms with Crippen LogP contribution in [0.1, 0.15) is 49.5 Å². The van der Waals surface area contributed by atoms with Crippen molar-refractivity contribution in [2.75, 3.05) is 13.7 Å². The van der Waals surface area contributed by atoms with Crippen LogP contribution in [0.2, 0.25) is 0 Å². The fourth-order valence-electron chi connectivity index (χ4n) is 2.63. The number of methoxy groups -OCH3 is 1. The second-order valence-corrected chi connectivity index (χ2v) is 7.02. The highest BCUT2D eigenvalue weighted by Gasteiger charge is 2.14. The molecule has 0 atom stereocenters. The Bertz CT molecular complexity index is 849. The van der Waals surface area contributed by atoms with Crippen molar-refractivity contribution in [3.8, 4) is 17.2 Å². The van der Waals surface area contributed by atoms with Crippen molar-refractivity contribution in [2.45, 2.75) is 39.7 Å². The summed E-state index contributed by atoms with van der Waals surface area (Å²) < 4.78 is 16.5. The number of para-hydroxylation sites is 1. The molecule has 2 aromatic rings. The largest absolute Gasteiger partial charge is 0.493 e. The maximum atomic E-state index is 12.3. The highest BCUT2D eigenvalue weighted by Crippen LogP contribution is 2.29. The molecule has 0 fully saturated rings. The van der Waals surface area contributed by atoms with E-state index in [0.717, 1.165) is 5.56 Å². The summed E-state index contributed by atoms with van der Waals surface area (Å²) in [5.74, 6) is 0.951. The van der Waals surface area contributed by atoms with Crippen LogP contribution in [0.15, 0.2) is 42.5 Å². The van der Waals surface area contributed by atoms with E-state index in [2.05, 4.69) is 10.9 Å². The molecule has 2 amide bonds. The second kappa shape index (κ2) is 10.4. The van der Waals surface area contributed by atoms with Crippen molar-refractivity contribution in [2.24, 2.45) is 0 Å². The quantitative estimate of drug-likeness (QED) is 0.663. The van der Waals surface area contributed by atoms with Crippen LogP contribution in [0.3, 0.4) is 0 Å². The standard InChI is InChI=1S/C22H28N2O5/c1-14(2)17-8-6-7-9-18(17)28-13-21(25)23-24-22(26)16-10-11-19(29-15(3)4)20(12-16)27-5/h6-12,14-15H,13H2,1-5H3,(H,23,25)(H,24,26). The average Bonchev–Trinajstić information content (AvgIpc) is 2.70. The monoisotopic (exact) mass is 400 g/mol. The van der Waals surface area contributed by atoms with E-state index in [9.17, 15) is 9.59 Å². The zero-order valence-electron chi connectivity index (χ0n) is 17.4. The molecule has 0 spiro atoms. The first-order chi connectivity index (χ1) is 13.8. The van der Waals surface area contributed by atoms with Gasteiger partial charge in [-0.25, -0.2) is 0 Å². The van der Waals surface area contributed by atoms with Gasteiger partial charge in [0.25, 0.3) is 11.8 Å². The van der Waals surface area contributed by atoms with E-state index >= 15 is 0 Å². The molecule has 2 N–H and O–H groups in total. The fraction of sp³-hybridized carbons (Fsp3) is 0.364. The third kappa shape index (κ3) is 6.41. The molecule has 7 heteroatoms. The van der Waals surface area contributed by atoms with Gasteiger partial charge in [-0.05, 0) is 49.6 Å². The molecular weight excluding hydrogens is 372 g/mol. The minimum absolute atomic E-state index is 0.0244. The van der Waals surface area contributed by atoms with Gasteiger partial charge in [0, 0.05) is 5.56 Å². The average molecular weight is 400 g/mol. The van der Waals surface area contributed by atoms with Crippen molar-refractivity contribution < 1.29 is 23.8 Å². The Kier molecular flexibility index (Phi) is 7.88. The summed E-state index contributed by atoms with van der Waals surface area (Å²) in [6.07, 6.45) is -0.0244. The van der Waals surface area contributed by atoms with Crippen molar-refractivity contribution in [1.82, 2.24) is 10.9 Å². The second-order valence-electron chi connectivity index (χ2n) is 7.02. The Hall–Kier alpha value is -3.22. The molecule has 0 aliphatic carbocycles. The molecule has 29 heavy (non-hydrogen) atoms. The molecule has 2 aromatic carbocycles. The van der Waals surface area contributed by atoms with Gasteiger partial charge in [-0.1, -0.05) is 32.0 Å². The predicted molar refractivity (Wildman–Crippen MR) is 110 cm³/mol. The number of ether oxygens (including phenoxy) is 3. The van der Waals surface area contributed by atoms with Gasteiger partial charge in [-0.15, -0.1) is 0 Å². The first-order valence-electron chi connectivity index (χ1n) is 9.47. The number of hydrazine groups is 1. The number of benzene rings is 2. The zero-order valence-corrected chi connectivity index (χ0v) is 17.4. The molecular formula is C22H28N2O5. The van der Waals surface area contributed by atoms with Gasteiger partial charge in [-0.3, -0.25) is 20.4 Å². The molecule has 0 radical (unpaired) electrons. The van der Waals surface area contributed by atoms with Crippen LogP contribution >= 0.6 is 0 Å². The summed E-state index contributed by atoms with van der Waals surface area (Å²) in [7, 11) is 1.50. The van der Waals surface area contributed by atoms with E-state index in [0.29, 0.717) is 22.8 Å². The third-order valence-electron chi connectivity index (χ3n) is 4.00. The van der Waals surface area contributed by atoms with Gasteiger partial charge in [0.15, 0.2) is 18.1 Å². The molecule has 0 unspecified atom stereocenters. The first-order valence-corrected chi connectivity index (χ1v) is 9.47. The van der Waals surface area contributed by atoms with Crippen LogP contribution in [-0.2, 0) is 4.79 Å². The Morgan fingerprint density at radius 1 is 0.931 bits per heavy atom. The smallest absolute Gasteiger partial charge is 0.276 e. The first kappa shape index (κ1) is 22.1. The van der Waals surface area contributed by atoms with E-state index in [-0.39, 0.29) is 18.6 Å². The summed E-state index contributed by atoms with van der Waals surface area (Å²) in [6, 6.07) is 12.3. The molecule has 0 aliphatic rings. The van der Waals surface area contributed by atoms with Crippen molar-refractivity contribution in [3.63, 3.8) is 0 Å². The Morgan fingerprint density at radius 3 is 2.31 bits per heavy atom. The van der Waals surface area contributed by atoms with E-state index in [1.807, 2.05) is 52.0 Å². The Morgan fingerprint density at radius 2 is 1.66 bits per heavy atom. The Balaban J connectivity index is 1.91. The lowest BCUT2D eigenvalue weighted by molar-refractivity contribution is -0.123. The minimum Gasteiger partial charge on any atom is -0.493 e. The van der Waals surface area contributed by atoms with E-state index < -0.39 is 11.8 Å². The summed E-state index contributed by atoms with van der Waals surface area (Å²) in [5, 5.41) is 0. The fourth-order valence-corrected chi connectivity index (χ4v) is 2.63. The molecule has 0 saturated carbocycles. The van der Waals surface area contributed by atoms with Gasteiger partial charge in [0.1, 0.15) is 5.75 Å². The van der Waals surface area contributed by atoms with Gasteiger partial charge < -0.3 is 14.2 Å². The number of carbonyl (C=O) groups excluding carboxylic acids is 2. The SMILES string of the molecule is COc1cc(C(=O)NNC(=O)COc2ccccc2C(C)C)ccc1OC(C)C. The van der Waals surface area contributed by atoms with Crippen LogP contribution in [-0.4, -0.2) is 31.6 Å². The molecule has 2 rings (SSSR count). The van der Waals surface area contributed by atoms with E-state index in [1.54, 1.807) is 18.2 Å². The van der Waals surface area contributed by atoms with E-state index in [1.165, 1.54) is 7.11 Å². The van der Waals surface area contributed by atoms with Crippen molar-refractivity contribution in [3.05, 3.63) is 53.6 Å². The maximum Gasteiger partial charge on any atom is 0.276 e. The number of rotatable bonds is 8. The number of hydrogen-bond acceptors (Lipinski definition) is 5. The van der Waals surface area contributed by atoms with Gasteiger partial charge >= 0.3 is 0 Å². The summed E-state index contributed by atoms with van der Waals surface area (Å²) in [6.45, 7) is 7.69. The normalized spacial score (nSPS) is 10.6. The summed E-state index contributed by atoms with van der Waals surface area (Å²) in [4.78, 5) is 24.3. The van der Waals surface area contributed by atoms with Crippen LogP contribution in [0.4, 0.5) is 0 Å². The van der Waals surface area contributed by atoms with Crippen molar-refractivity contribution in [1.29, 1.82) is 0 Å². The van der Waals surface area contributed by atoms with Crippen LogP contribution < -0.4 is 25.1 Å². The zero-order chi connectivity index (χ0) is 21.4. The van der Waals surface area contributed by atoms with Crippen molar-refractivity contribution >= 4 is 11.8 Å². The molecule has 7 nitrogen and oxygen atoms in total. The number of nitrogens with one attached hydrogen (secondary N) is 2. The summed E-state index contributed by atoms with van der Waals surface area (Å²) in [5.41, 5.74) is 6.06. The molecule has 0 saturated heterocycles. The highest BCUT2D eigenvalue weighted by molar-refractivity contribution is 5.96. The summed E-state index contributed by atoms with van der Waals surface area (Å²) >= 11 is 0. The number of amides is 2. The molecule has 0 aromatic heterocycles. The lowest BCUT2D eigenvalue weighted by Gasteiger charge is -2.15. The molecule has 0 bridgehead atoms. The minimum atomic E-state index is -0.477. The number of carbonyl (C=O) groups is 2. The number of hydrogen-bond donors (Lipinski definition) is 2. The maximum absolute atomic E-state index is 12.3. The molecule has 156 valence electrons. The van der Waals surface area contributed by atoms with Gasteiger partial charge in [0.05, 0.1) is 13.2 Å². The lowest BCUT2D eigenvalue weighted by atomic mass is 10.0. The third-order valence-corrected chi connectivity index (χ3v) is 4.00. The van der Waals surface area contributed by atoms with E-state index in [4.69, 9.17) is 14.2 Å². The Labute approximate surface area is 171 Å². The van der Waals surface area contributed by atoms with Crippen LogP contribution in [0.25, 0.3) is 0 Å². The van der Waals surface area contributed by atoms with Crippen LogP contribution in [0, 0.1) is 0 Å².